The molecule has 0 atom stereocenters. The van der Waals surface area contributed by atoms with Gasteiger partial charge >= 0.3 is 0 Å². The summed E-state index contributed by atoms with van der Waals surface area (Å²) in [6.45, 7) is 7.34. The molecule has 1 amide bonds. The molecular formula is C23H25N3O. The van der Waals surface area contributed by atoms with Gasteiger partial charge in [0.1, 0.15) is 0 Å². The van der Waals surface area contributed by atoms with Gasteiger partial charge in [-0.25, -0.2) is 0 Å². The van der Waals surface area contributed by atoms with Crippen LogP contribution in [0.25, 0.3) is 0 Å². The summed E-state index contributed by atoms with van der Waals surface area (Å²) in [5.74, 6) is 6.66. The number of amides is 1. The maximum absolute atomic E-state index is 12.5. The van der Waals surface area contributed by atoms with E-state index < -0.39 is 0 Å². The van der Waals surface area contributed by atoms with Gasteiger partial charge in [0.05, 0.1) is 18.2 Å². The Balaban J connectivity index is 2.01. The minimum atomic E-state index is 0.0414. The monoisotopic (exact) mass is 359 g/mol. The van der Waals surface area contributed by atoms with E-state index in [2.05, 4.69) is 37.1 Å². The van der Waals surface area contributed by atoms with Gasteiger partial charge in [0, 0.05) is 30.4 Å². The number of rotatable bonds is 5. The Bertz CT molecular complexity index is 913. The summed E-state index contributed by atoms with van der Waals surface area (Å²) < 4.78 is 0. The van der Waals surface area contributed by atoms with Crippen molar-refractivity contribution < 1.29 is 4.79 Å². The Hall–Kier alpha value is -3.24. The number of hydrogen-bond donors (Lipinski definition) is 1. The lowest BCUT2D eigenvalue weighted by Gasteiger charge is -2.20. The predicted molar refractivity (Wildman–Crippen MR) is 110 cm³/mol. The van der Waals surface area contributed by atoms with Gasteiger partial charge in [0.2, 0.25) is 0 Å². The Morgan fingerprint density at radius 3 is 2.63 bits per heavy atom. The lowest BCUT2D eigenvalue weighted by atomic mass is 10.0. The van der Waals surface area contributed by atoms with E-state index in [1.54, 1.807) is 17.0 Å². The molecule has 0 unspecified atom stereocenters. The van der Waals surface area contributed by atoms with Crippen molar-refractivity contribution in [2.24, 2.45) is 5.92 Å². The fourth-order valence-corrected chi connectivity index (χ4v) is 2.81. The van der Waals surface area contributed by atoms with Gasteiger partial charge in [-0.3, -0.25) is 4.79 Å². The summed E-state index contributed by atoms with van der Waals surface area (Å²) in [7, 11) is 1.84. The van der Waals surface area contributed by atoms with Crippen LogP contribution in [-0.4, -0.2) is 30.9 Å². The molecule has 0 spiro atoms. The number of hydrogen-bond acceptors (Lipinski definition) is 3. The molecule has 4 heteroatoms. The summed E-state index contributed by atoms with van der Waals surface area (Å²) in [5, 5.41) is 12.1. The van der Waals surface area contributed by atoms with Gasteiger partial charge in [0.15, 0.2) is 0 Å². The molecule has 0 bridgehead atoms. The maximum atomic E-state index is 12.5. The maximum Gasteiger partial charge on any atom is 0.253 e. The Kier molecular flexibility index (Phi) is 7.03. The van der Waals surface area contributed by atoms with E-state index in [0.29, 0.717) is 18.0 Å². The highest BCUT2D eigenvalue weighted by molar-refractivity contribution is 5.95. The summed E-state index contributed by atoms with van der Waals surface area (Å²) in [4.78, 5) is 14.3. The van der Waals surface area contributed by atoms with E-state index in [1.807, 2.05) is 44.3 Å². The molecule has 1 N–H and O–H groups in total. The number of aryl methyl sites for hydroxylation is 1. The van der Waals surface area contributed by atoms with Gasteiger partial charge < -0.3 is 10.2 Å². The summed E-state index contributed by atoms with van der Waals surface area (Å²) in [5.41, 5.74) is 4.01. The van der Waals surface area contributed by atoms with Gasteiger partial charge in [-0.1, -0.05) is 31.8 Å². The zero-order chi connectivity index (χ0) is 19.8. The molecule has 0 heterocycles. The highest BCUT2D eigenvalue weighted by atomic mass is 16.2. The van der Waals surface area contributed by atoms with E-state index in [-0.39, 0.29) is 5.91 Å². The second-order valence-corrected chi connectivity index (χ2v) is 6.96. The van der Waals surface area contributed by atoms with Crippen LogP contribution < -0.4 is 5.32 Å². The molecule has 0 saturated carbocycles. The van der Waals surface area contributed by atoms with E-state index in [9.17, 15) is 4.79 Å². The van der Waals surface area contributed by atoms with Crippen LogP contribution in [0.2, 0.25) is 0 Å². The minimum absolute atomic E-state index is 0.0414. The van der Waals surface area contributed by atoms with Crippen LogP contribution in [-0.2, 0) is 0 Å². The number of nitrogens with zero attached hydrogens (tertiary/aromatic N) is 2. The van der Waals surface area contributed by atoms with Crippen molar-refractivity contribution in [2.75, 3.05) is 25.5 Å². The first kappa shape index (κ1) is 20.1. The van der Waals surface area contributed by atoms with Crippen LogP contribution in [0.3, 0.4) is 0 Å². The Morgan fingerprint density at radius 1 is 1.19 bits per heavy atom. The Morgan fingerprint density at radius 2 is 1.96 bits per heavy atom. The molecule has 2 rings (SSSR count). The SMILES string of the molecule is Cc1cc(C#CCNc2cccc(C#N)c2)ccc1C(=O)N(C)CC(C)C. The highest BCUT2D eigenvalue weighted by Gasteiger charge is 2.14. The lowest BCUT2D eigenvalue weighted by molar-refractivity contribution is 0.0778. The smallest absolute Gasteiger partial charge is 0.253 e. The standard InChI is InChI=1S/C23H25N3O/c1-17(2)16-26(4)23(27)22-11-10-19(13-18(22)3)8-6-12-25-21-9-5-7-20(14-21)15-24/h5,7,9-11,13-14,17,25H,12,16H2,1-4H3. The van der Waals surface area contributed by atoms with Crippen molar-refractivity contribution in [3.63, 3.8) is 0 Å². The first-order valence-corrected chi connectivity index (χ1v) is 8.99. The number of carbonyl (C=O) groups is 1. The van der Waals surface area contributed by atoms with Crippen molar-refractivity contribution in [3.8, 4) is 17.9 Å². The molecule has 0 fully saturated rings. The van der Waals surface area contributed by atoms with E-state index >= 15 is 0 Å². The third-order valence-corrected chi connectivity index (χ3v) is 4.05. The molecule has 2 aromatic rings. The van der Waals surface area contributed by atoms with Gasteiger partial charge in [-0.2, -0.15) is 5.26 Å². The fourth-order valence-electron chi connectivity index (χ4n) is 2.81. The van der Waals surface area contributed by atoms with E-state index in [4.69, 9.17) is 5.26 Å². The number of nitrogens with one attached hydrogen (secondary N) is 1. The van der Waals surface area contributed by atoms with Crippen LogP contribution in [0.15, 0.2) is 42.5 Å². The van der Waals surface area contributed by atoms with Crippen LogP contribution in [0.5, 0.6) is 0 Å². The molecule has 0 aliphatic carbocycles. The summed E-state index contributed by atoms with van der Waals surface area (Å²) >= 11 is 0. The van der Waals surface area contributed by atoms with Gasteiger partial charge in [-0.05, 0) is 54.8 Å². The largest absolute Gasteiger partial charge is 0.374 e. The molecule has 138 valence electrons. The number of nitriles is 1. The third kappa shape index (κ3) is 5.90. The normalized spacial score (nSPS) is 9.93. The quantitative estimate of drug-likeness (QED) is 0.819. The van der Waals surface area contributed by atoms with E-state index in [0.717, 1.165) is 28.9 Å². The van der Waals surface area contributed by atoms with Crippen molar-refractivity contribution in [1.29, 1.82) is 5.26 Å². The van der Waals surface area contributed by atoms with Crippen LogP contribution in [0.1, 0.15) is 40.9 Å². The Labute approximate surface area is 161 Å². The fraction of sp³-hybridized carbons (Fsp3) is 0.304. The molecule has 0 radical (unpaired) electrons. The van der Waals surface area contributed by atoms with Crippen molar-refractivity contribution >= 4 is 11.6 Å². The molecule has 4 nitrogen and oxygen atoms in total. The molecule has 0 aliphatic heterocycles. The van der Waals surface area contributed by atoms with Crippen molar-refractivity contribution in [3.05, 3.63) is 64.7 Å². The molecule has 27 heavy (non-hydrogen) atoms. The molecular weight excluding hydrogens is 334 g/mol. The van der Waals surface area contributed by atoms with Crippen LogP contribution >= 0.6 is 0 Å². The zero-order valence-corrected chi connectivity index (χ0v) is 16.3. The third-order valence-electron chi connectivity index (χ3n) is 4.05. The number of carbonyl (C=O) groups excluding carboxylic acids is 1. The number of benzene rings is 2. The summed E-state index contributed by atoms with van der Waals surface area (Å²) in [6, 6.07) is 15.1. The first-order valence-electron chi connectivity index (χ1n) is 8.99. The second-order valence-electron chi connectivity index (χ2n) is 6.96. The predicted octanol–water partition coefficient (Wildman–Crippen LogP) is 4.06. The molecule has 2 aromatic carbocycles. The second kappa shape index (κ2) is 9.46. The van der Waals surface area contributed by atoms with Crippen LogP contribution in [0, 0.1) is 36.0 Å². The topological polar surface area (TPSA) is 56.1 Å². The first-order chi connectivity index (χ1) is 12.9. The minimum Gasteiger partial charge on any atom is -0.374 e. The lowest BCUT2D eigenvalue weighted by Crippen LogP contribution is -2.30. The van der Waals surface area contributed by atoms with Gasteiger partial charge in [-0.15, -0.1) is 0 Å². The highest BCUT2D eigenvalue weighted by Crippen LogP contribution is 2.14. The van der Waals surface area contributed by atoms with E-state index in [1.165, 1.54) is 0 Å². The summed E-state index contributed by atoms with van der Waals surface area (Å²) in [6.07, 6.45) is 0. The average Bonchev–Trinajstić information content (AvgIpc) is 2.64. The molecule has 0 aliphatic rings. The zero-order valence-electron chi connectivity index (χ0n) is 16.3. The van der Waals surface area contributed by atoms with Crippen molar-refractivity contribution in [2.45, 2.75) is 20.8 Å². The van der Waals surface area contributed by atoms with Crippen molar-refractivity contribution in [1.82, 2.24) is 4.90 Å². The molecule has 0 saturated heterocycles. The molecule has 0 aromatic heterocycles. The number of anilines is 1. The average molecular weight is 359 g/mol. The van der Waals surface area contributed by atoms with Crippen LogP contribution in [0.4, 0.5) is 5.69 Å². The van der Waals surface area contributed by atoms with Gasteiger partial charge in [0.25, 0.3) is 5.91 Å².